The first kappa shape index (κ1) is 21.8. The summed E-state index contributed by atoms with van der Waals surface area (Å²) < 4.78 is 0. The maximum Gasteiger partial charge on any atom is 0.335 e. The topological polar surface area (TPSA) is 104 Å². The van der Waals surface area contributed by atoms with Crippen molar-refractivity contribution >= 4 is 17.8 Å². The Morgan fingerprint density at radius 3 is 2.29 bits per heavy atom. The van der Waals surface area contributed by atoms with Gasteiger partial charge in [0.25, 0.3) is 0 Å². The van der Waals surface area contributed by atoms with Crippen molar-refractivity contribution in [3.63, 3.8) is 0 Å². The van der Waals surface area contributed by atoms with Gasteiger partial charge in [-0.3, -0.25) is 9.59 Å². The van der Waals surface area contributed by atoms with Gasteiger partial charge in [-0.1, -0.05) is 38.5 Å². The Labute approximate surface area is 183 Å². The second-order valence-electron chi connectivity index (χ2n) is 10.1. The van der Waals surface area contributed by atoms with Gasteiger partial charge in [0.2, 0.25) is 5.91 Å². The van der Waals surface area contributed by atoms with Crippen LogP contribution in [-0.2, 0) is 14.4 Å². The first-order valence-corrected chi connectivity index (χ1v) is 11.7. The Bertz CT molecular complexity index is 869. The maximum absolute atomic E-state index is 13.3. The van der Waals surface area contributed by atoms with Crippen LogP contribution in [0, 0.1) is 35.5 Å². The van der Waals surface area contributed by atoms with Crippen LogP contribution < -0.4 is 5.32 Å². The van der Waals surface area contributed by atoms with Crippen molar-refractivity contribution in [3.05, 3.63) is 34.9 Å². The number of nitrogens with one attached hydrogen (secondary N) is 1. The van der Waals surface area contributed by atoms with Crippen LogP contribution >= 0.6 is 0 Å². The molecular formula is C25H33NO5. The van der Waals surface area contributed by atoms with Crippen LogP contribution in [0.5, 0.6) is 0 Å². The van der Waals surface area contributed by atoms with E-state index in [9.17, 15) is 24.6 Å². The number of amides is 1. The Hall–Kier alpha value is -2.37. The number of carboxylic acids is 2. The number of carbonyl (C=O) groups is 3. The van der Waals surface area contributed by atoms with E-state index in [1.165, 1.54) is 0 Å². The molecule has 7 atom stereocenters. The number of carbonyl (C=O) groups excluding carboxylic acids is 1. The van der Waals surface area contributed by atoms with Crippen molar-refractivity contribution in [2.24, 2.45) is 35.5 Å². The summed E-state index contributed by atoms with van der Waals surface area (Å²) in [6, 6.07) is 0.123. The molecule has 3 N–H and O–H groups in total. The Morgan fingerprint density at radius 2 is 1.71 bits per heavy atom. The van der Waals surface area contributed by atoms with Gasteiger partial charge in [-0.25, -0.2) is 4.79 Å². The van der Waals surface area contributed by atoms with Gasteiger partial charge < -0.3 is 15.5 Å². The van der Waals surface area contributed by atoms with Gasteiger partial charge in [-0.2, -0.15) is 0 Å². The number of carboxylic acid groups (broad SMARTS) is 2. The second-order valence-corrected chi connectivity index (χ2v) is 10.1. The zero-order valence-electron chi connectivity index (χ0n) is 18.3. The lowest BCUT2D eigenvalue weighted by Gasteiger charge is -2.39. The summed E-state index contributed by atoms with van der Waals surface area (Å²) >= 11 is 0. The van der Waals surface area contributed by atoms with Crippen molar-refractivity contribution < 1.29 is 24.6 Å². The molecule has 0 aliphatic heterocycles. The van der Waals surface area contributed by atoms with Crippen LogP contribution in [0.3, 0.4) is 0 Å². The van der Waals surface area contributed by atoms with Gasteiger partial charge in [0.1, 0.15) is 0 Å². The molecule has 6 nitrogen and oxygen atoms in total. The van der Waals surface area contributed by atoms with E-state index < -0.39 is 29.7 Å². The average molecular weight is 428 g/mol. The van der Waals surface area contributed by atoms with Crippen LogP contribution in [0.4, 0.5) is 0 Å². The van der Waals surface area contributed by atoms with Gasteiger partial charge in [-0.05, 0) is 67.4 Å². The van der Waals surface area contributed by atoms with E-state index in [0.717, 1.165) is 44.1 Å². The number of hydrogen-bond donors (Lipinski definition) is 3. The first-order valence-electron chi connectivity index (χ1n) is 11.7. The van der Waals surface area contributed by atoms with E-state index in [4.69, 9.17) is 0 Å². The van der Waals surface area contributed by atoms with E-state index in [1.807, 2.05) is 6.08 Å². The number of hydrogen-bond acceptors (Lipinski definition) is 3. The highest BCUT2D eigenvalue weighted by Crippen LogP contribution is 2.49. The third kappa shape index (κ3) is 4.21. The summed E-state index contributed by atoms with van der Waals surface area (Å²) in [4.78, 5) is 37.6. The van der Waals surface area contributed by atoms with E-state index in [-0.39, 0.29) is 29.9 Å². The molecule has 0 spiro atoms. The first-order chi connectivity index (χ1) is 14.8. The SMILES string of the molecule is CC1CCC(NC(=O)C2CC=C(C(=O)O)C3=C(C4CCC(C)C4)C=CC(C(=O)O)C32)C1. The molecule has 31 heavy (non-hydrogen) atoms. The van der Waals surface area contributed by atoms with Gasteiger partial charge in [0, 0.05) is 17.9 Å². The maximum atomic E-state index is 13.3. The summed E-state index contributed by atoms with van der Waals surface area (Å²) in [6.45, 7) is 4.37. The van der Waals surface area contributed by atoms with Crippen molar-refractivity contribution in [2.75, 3.05) is 0 Å². The standard InChI is InChI=1S/C25H33NO5/c1-13-3-5-15(11-13)17-7-9-20(25(30)31)22-18(8-10-19(21(17)22)24(28)29)23(27)26-16-6-4-14(2)12-16/h7,9-10,13-16,18,20,22H,3-6,8,11-12H2,1-2H3,(H,26,27)(H,28,29)(H,30,31). The highest BCUT2D eigenvalue weighted by Gasteiger charge is 2.47. The van der Waals surface area contributed by atoms with Crippen LogP contribution in [0.25, 0.3) is 0 Å². The molecule has 4 rings (SSSR count). The highest BCUT2D eigenvalue weighted by atomic mass is 16.4. The Morgan fingerprint density at radius 1 is 1.00 bits per heavy atom. The normalized spacial score (nSPS) is 37.4. The Kier molecular flexibility index (Phi) is 6.09. The van der Waals surface area contributed by atoms with Crippen LogP contribution in [0.15, 0.2) is 34.9 Å². The third-order valence-electron chi connectivity index (χ3n) is 7.84. The van der Waals surface area contributed by atoms with Crippen LogP contribution in [0.2, 0.25) is 0 Å². The van der Waals surface area contributed by atoms with Crippen molar-refractivity contribution in [2.45, 2.75) is 64.8 Å². The fraction of sp³-hybridized carbons (Fsp3) is 0.640. The molecule has 1 amide bonds. The summed E-state index contributed by atoms with van der Waals surface area (Å²) in [6.07, 6.45) is 11.4. The lowest BCUT2D eigenvalue weighted by molar-refractivity contribution is -0.143. The Balaban J connectivity index is 1.72. The second kappa shape index (κ2) is 8.64. The quantitative estimate of drug-likeness (QED) is 0.616. The molecule has 2 saturated carbocycles. The molecule has 7 unspecified atom stereocenters. The zero-order chi connectivity index (χ0) is 22.3. The molecule has 0 aromatic rings. The van der Waals surface area contributed by atoms with Gasteiger partial charge in [0.05, 0.1) is 11.5 Å². The molecule has 0 bridgehead atoms. The van der Waals surface area contributed by atoms with Crippen molar-refractivity contribution in [3.8, 4) is 0 Å². The molecule has 0 radical (unpaired) electrons. The summed E-state index contributed by atoms with van der Waals surface area (Å²) in [5.41, 5.74) is 1.72. The van der Waals surface area contributed by atoms with E-state index >= 15 is 0 Å². The smallest absolute Gasteiger partial charge is 0.335 e. The largest absolute Gasteiger partial charge is 0.481 e. The van der Waals surface area contributed by atoms with Gasteiger partial charge >= 0.3 is 11.9 Å². The minimum atomic E-state index is -1.04. The summed E-state index contributed by atoms with van der Waals surface area (Å²) in [7, 11) is 0. The molecule has 0 heterocycles. The summed E-state index contributed by atoms with van der Waals surface area (Å²) in [5, 5.41) is 23.0. The predicted octanol–water partition coefficient (Wildman–Crippen LogP) is 3.94. The van der Waals surface area contributed by atoms with Gasteiger partial charge in [0.15, 0.2) is 0 Å². The third-order valence-corrected chi connectivity index (χ3v) is 7.84. The molecule has 0 saturated heterocycles. The van der Waals surface area contributed by atoms with Crippen molar-refractivity contribution in [1.29, 1.82) is 0 Å². The highest BCUT2D eigenvalue weighted by molar-refractivity contribution is 5.95. The van der Waals surface area contributed by atoms with Gasteiger partial charge in [-0.15, -0.1) is 0 Å². The number of aliphatic carboxylic acids is 2. The minimum absolute atomic E-state index is 0.123. The lowest BCUT2D eigenvalue weighted by Crippen LogP contribution is -2.46. The van der Waals surface area contributed by atoms with Crippen molar-refractivity contribution in [1.82, 2.24) is 5.32 Å². The fourth-order valence-electron chi connectivity index (χ4n) is 6.28. The molecule has 4 aliphatic rings. The molecule has 0 aromatic carbocycles. The van der Waals surface area contributed by atoms with Crippen LogP contribution in [-0.4, -0.2) is 34.1 Å². The van der Waals surface area contributed by atoms with E-state index in [1.54, 1.807) is 12.2 Å². The molecule has 2 fully saturated rings. The molecular weight excluding hydrogens is 394 g/mol. The minimum Gasteiger partial charge on any atom is -0.481 e. The zero-order valence-corrected chi connectivity index (χ0v) is 18.3. The molecule has 4 aliphatic carbocycles. The van der Waals surface area contributed by atoms with E-state index in [2.05, 4.69) is 19.2 Å². The van der Waals surface area contributed by atoms with Crippen LogP contribution in [0.1, 0.15) is 58.8 Å². The number of allylic oxidation sites excluding steroid dienone is 3. The summed E-state index contributed by atoms with van der Waals surface area (Å²) in [5.74, 6) is -2.90. The fourth-order valence-corrected chi connectivity index (χ4v) is 6.28. The number of fused-ring (bicyclic) bond motifs is 1. The molecule has 6 heteroatoms. The van der Waals surface area contributed by atoms with E-state index in [0.29, 0.717) is 17.4 Å². The molecule has 0 aromatic heterocycles. The molecule has 168 valence electrons. The monoisotopic (exact) mass is 427 g/mol. The number of rotatable bonds is 5. The lowest BCUT2D eigenvalue weighted by atomic mass is 9.64. The predicted molar refractivity (Wildman–Crippen MR) is 116 cm³/mol. The average Bonchev–Trinajstić information content (AvgIpc) is 3.33.